The summed E-state index contributed by atoms with van der Waals surface area (Å²) >= 11 is 0. The molecule has 4 heteroatoms. The second-order valence-corrected chi connectivity index (χ2v) is 8.10. The molecule has 0 unspecified atom stereocenters. The third kappa shape index (κ3) is 2.44. The third-order valence-electron chi connectivity index (χ3n) is 4.10. The summed E-state index contributed by atoms with van der Waals surface area (Å²) in [5.74, 6) is -0.559. The predicted molar refractivity (Wildman–Crippen MR) is 70.1 cm³/mol. The van der Waals surface area contributed by atoms with E-state index in [1.807, 2.05) is 27.7 Å². The Kier molecular flexibility index (Phi) is 3.10. The number of nitrogens with one attached hydrogen (secondary N) is 1. The maximum absolute atomic E-state index is 12.4. The largest absolute Gasteiger partial charge is 0.634 e. The molecule has 2 aliphatic rings. The first-order valence-electron chi connectivity index (χ1n) is 6.81. The van der Waals surface area contributed by atoms with Gasteiger partial charge in [0.2, 0.25) is 0 Å². The molecule has 0 aliphatic carbocycles. The summed E-state index contributed by atoms with van der Waals surface area (Å²) in [6, 6.07) is 0. The van der Waals surface area contributed by atoms with Crippen molar-refractivity contribution in [3.8, 4) is 0 Å². The zero-order chi connectivity index (χ0) is 13.8. The molecule has 2 heterocycles. The van der Waals surface area contributed by atoms with Gasteiger partial charge in [-0.05, 0) is 27.7 Å². The summed E-state index contributed by atoms with van der Waals surface area (Å²) in [6.45, 7) is 13.7. The zero-order valence-electron chi connectivity index (χ0n) is 12.6. The van der Waals surface area contributed by atoms with Crippen molar-refractivity contribution in [1.82, 2.24) is 0 Å². The molecule has 0 saturated carbocycles. The van der Waals surface area contributed by atoms with Crippen molar-refractivity contribution < 1.29 is 14.5 Å². The van der Waals surface area contributed by atoms with Gasteiger partial charge in [0.15, 0.2) is 5.79 Å². The number of piperidine rings is 1. The van der Waals surface area contributed by atoms with Gasteiger partial charge in [-0.3, -0.25) is 0 Å². The molecule has 106 valence electrons. The van der Waals surface area contributed by atoms with Crippen LogP contribution in [-0.4, -0.2) is 30.1 Å². The molecule has 0 aromatic rings. The fourth-order valence-corrected chi connectivity index (χ4v) is 3.43. The molecule has 1 spiro atoms. The highest BCUT2D eigenvalue weighted by molar-refractivity contribution is 4.94. The lowest BCUT2D eigenvalue weighted by atomic mass is 9.77. The van der Waals surface area contributed by atoms with Crippen LogP contribution in [0.4, 0.5) is 0 Å². The standard InChI is InChI=1S/C14H27NO3/c1-11(2)9-17-14(18-10-11)7-12(3,4)15(16)13(5,6)8-14/h15H,7-10H2,1-6H3. The molecule has 18 heavy (non-hydrogen) atoms. The highest BCUT2D eigenvalue weighted by Crippen LogP contribution is 2.41. The molecule has 2 rings (SSSR count). The van der Waals surface area contributed by atoms with Crippen LogP contribution in [0.5, 0.6) is 0 Å². The zero-order valence-corrected chi connectivity index (χ0v) is 12.6. The van der Waals surface area contributed by atoms with Gasteiger partial charge in [-0.2, -0.15) is 0 Å². The minimum absolute atomic E-state index is 0.0704. The Balaban J connectivity index is 2.21. The highest BCUT2D eigenvalue weighted by Gasteiger charge is 2.56. The van der Waals surface area contributed by atoms with Crippen LogP contribution in [0, 0.1) is 10.6 Å². The second-order valence-electron chi connectivity index (χ2n) is 8.10. The van der Waals surface area contributed by atoms with E-state index in [9.17, 15) is 5.21 Å². The van der Waals surface area contributed by atoms with Crippen molar-refractivity contribution in [3.05, 3.63) is 5.21 Å². The summed E-state index contributed by atoms with van der Waals surface area (Å²) in [7, 11) is 0. The minimum atomic E-state index is -0.559. The predicted octanol–water partition coefficient (Wildman–Crippen LogP) is 1.49. The molecule has 2 aliphatic heterocycles. The van der Waals surface area contributed by atoms with Crippen molar-refractivity contribution in [1.29, 1.82) is 0 Å². The van der Waals surface area contributed by atoms with Crippen molar-refractivity contribution in [2.75, 3.05) is 13.2 Å². The van der Waals surface area contributed by atoms with Crippen LogP contribution >= 0.6 is 0 Å². The number of hydroxylamine groups is 2. The lowest BCUT2D eigenvalue weighted by molar-refractivity contribution is -0.960. The van der Waals surface area contributed by atoms with Gasteiger partial charge in [0, 0.05) is 5.41 Å². The topological polar surface area (TPSA) is 46.0 Å². The van der Waals surface area contributed by atoms with E-state index in [1.165, 1.54) is 0 Å². The molecule has 4 nitrogen and oxygen atoms in total. The van der Waals surface area contributed by atoms with Crippen LogP contribution in [0.3, 0.4) is 0 Å². The lowest BCUT2D eigenvalue weighted by Gasteiger charge is -2.59. The molecule has 0 aromatic carbocycles. The van der Waals surface area contributed by atoms with Crippen LogP contribution in [0.1, 0.15) is 54.4 Å². The summed E-state index contributed by atoms with van der Waals surface area (Å²) in [6.07, 6.45) is 1.33. The Labute approximate surface area is 110 Å². The Morgan fingerprint density at radius 3 is 1.61 bits per heavy atom. The summed E-state index contributed by atoms with van der Waals surface area (Å²) < 4.78 is 12.1. The summed E-state index contributed by atoms with van der Waals surface area (Å²) in [5.41, 5.74) is -0.673. The number of rotatable bonds is 0. The number of hydrogen-bond acceptors (Lipinski definition) is 3. The van der Waals surface area contributed by atoms with Crippen LogP contribution < -0.4 is 5.06 Å². The number of quaternary nitrogens is 1. The molecule has 0 radical (unpaired) electrons. The van der Waals surface area contributed by atoms with Gasteiger partial charge < -0.3 is 19.7 Å². The van der Waals surface area contributed by atoms with Crippen LogP contribution in [-0.2, 0) is 9.47 Å². The molecular weight excluding hydrogens is 230 g/mol. The maximum atomic E-state index is 12.4. The molecular formula is C14H27NO3. The van der Waals surface area contributed by atoms with Crippen molar-refractivity contribution in [3.63, 3.8) is 0 Å². The van der Waals surface area contributed by atoms with Crippen molar-refractivity contribution in [2.24, 2.45) is 5.41 Å². The monoisotopic (exact) mass is 257 g/mol. The summed E-state index contributed by atoms with van der Waals surface area (Å²) in [5, 5.41) is 12.7. The molecule has 0 bridgehead atoms. The normalized spacial score (nSPS) is 33.5. The van der Waals surface area contributed by atoms with E-state index in [-0.39, 0.29) is 16.5 Å². The van der Waals surface area contributed by atoms with Gasteiger partial charge in [0.25, 0.3) is 0 Å². The maximum Gasteiger partial charge on any atom is 0.180 e. The van der Waals surface area contributed by atoms with Gasteiger partial charge in [0.1, 0.15) is 0 Å². The van der Waals surface area contributed by atoms with Crippen LogP contribution in [0.25, 0.3) is 0 Å². The lowest BCUT2D eigenvalue weighted by Crippen LogP contribution is -3.23. The van der Waals surface area contributed by atoms with E-state index >= 15 is 0 Å². The van der Waals surface area contributed by atoms with E-state index in [0.29, 0.717) is 31.1 Å². The average Bonchev–Trinajstić information content (AvgIpc) is 2.19. The third-order valence-corrected chi connectivity index (χ3v) is 4.10. The van der Waals surface area contributed by atoms with Crippen molar-refractivity contribution >= 4 is 0 Å². The first kappa shape index (κ1) is 14.3. The number of hydrogen-bond donors (Lipinski definition) is 1. The van der Waals surface area contributed by atoms with Crippen LogP contribution in [0.2, 0.25) is 0 Å². The highest BCUT2D eigenvalue weighted by atomic mass is 16.7. The SMILES string of the molecule is CC1(C)COC2(CC(C)(C)[NH+]([O-])C(C)(C)C2)OC1. The molecule has 2 fully saturated rings. The Morgan fingerprint density at radius 1 is 0.833 bits per heavy atom. The minimum Gasteiger partial charge on any atom is -0.634 e. The Hall–Kier alpha value is -0.160. The average molecular weight is 257 g/mol. The van der Waals surface area contributed by atoms with Gasteiger partial charge in [-0.15, -0.1) is 0 Å². The molecule has 2 saturated heterocycles. The van der Waals surface area contributed by atoms with Gasteiger partial charge in [-0.25, -0.2) is 0 Å². The van der Waals surface area contributed by atoms with Crippen LogP contribution in [0.15, 0.2) is 0 Å². The fraction of sp³-hybridized carbons (Fsp3) is 1.00. The Morgan fingerprint density at radius 2 is 1.22 bits per heavy atom. The van der Waals surface area contributed by atoms with E-state index < -0.39 is 5.79 Å². The van der Waals surface area contributed by atoms with Gasteiger partial charge >= 0.3 is 0 Å². The summed E-state index contributed by atoms with van der Waals surface area (Å²) in [4.78, 5) is 0. The quantitative estimate of drug-likeness (QED) is 0.669. The first-order valence-corrected chi connectivity index (χ1v) is 6.81. The van der Waals surface area contributed by atoms with E-state index in [2.05, 4.69) is 13.8 Å². The van der Waals surface area contributed by atoms with Gasteiger partial charge in [-0.1, -0.05) is 13.8 Å². The smallest absolute Gasteiger partial charge is 0.180 e. The first-order chi connectivity index (χ1) is 7.98. The molecule has 1 N–H and O–H groups in total. The van der Waals surface area contributed by atoms with Crippen molar-refractivity contribution in [2.45, 2.75) is 71.2 Å². The molecule has 0 atom stereocenters. The number of ether oxygens (including phenoxy) is 2. The van der Waals surface area contributed by atoms with Gasteiger partial charge in [0.05, 0.1) is 37.1 Å². The Bertz CT molecular complexity index is 306. The van der Waals surface area contributed by atoms with E-state index in [4.69, 9.17) is 9.47 Å². The molecule has 0 aromatic heterocycles. The molecule has 0 amide bonds. The fourth-order valence-electron chi connectivity index (χ4n) is 3.43. The van der Waals surface area contributed by atoms with E-state index in [0.717, 1.165) is 0 Å². The van der Waals surface area contributed by atoms with E-state index in [1.54, 1.807) is 0 Å². The second kappa shape index (κ2) is 3.92.